The molecule has 0 aromatic heterocycles. The molecule has 0 aliphatic carbocycles. The number of nitrogens with two attached hydrogens (primary N) is 1. The number of carboxylic acid groups (broad SMARTS) is 1. The number of ether oxygens (including phenoxy) is 1. The van der Waals surface area contributed by atoms with Gasteiger partial charge in [0.05, 0.1) is 17.5 Å². The van der Waals surface area contributed by atoms with E-state index in [-0.39, 0.29) is 6.54 Å². The monoisotopic (exact) mass is 287 g/mol. The molecule has 1 unspecified atom stereocenters. The van der Waals surface area contributed by atoms with Crippen LogP contribution < -0.4 is 10.5 Å². The number of methoxy groups -OCH3 is 1. The van der Waals surface area contributed by atoms with Crippen LogP contribution in [-0.2, 0) is 4.79 Å². The molecule has 0 fully saturated rings. The first-order valence-electron chi connectivity index (χ1n) is 4.78. The predicted molar refractivity (Wildman–Crippen MR) is 64.9 cm³/mol. The molecule has 1 rings (SSSR count). The van der Waals surface area contributed by atoms with Crippen molar-refractivity contribution >= 4 is 21.9 Å². The first-order chi connectivity index (χ1) is 7.51. The van der Waals surface area contributed by atoms with Crippen LogP contribution in [0, 0.1) is 6.92 Å². The van der Waals surface area contributed by atoms with Crippen LogP contribution in [0.1, 0.15) is 17.0 Å². The first-order valence-corrected chi connectivity index (χ1v) is 5.57. The summed E-state index contributed by atoms with van der Waals surface area (Å²) in [5.74, 6) is -1.00. The Morgan fingerprint density at radius 2 is 2.25 bits per heavy atom. The van der Waals surface area contributed by atoms with Crippen LogP contribution in [-0.4, -0.2) is 24.7 Å². The minimum Gasteiger partial charge on any atom is -0.496 e. The topological polar surface area (TPSA) is 72.5 Å². The molecule has 1 aromatic rings. The lowest BCUT2D eigenvalue weighted by atomic mass is 9.95. The lowest BCUT2D eigenvalue weighted by molar-refractivity contribution is -0.138. The summed E-state index contributed by atoms with van der Waals surface area (Å²) in [5.41, 5.74) is 7.04. The molecule has 3 N–H and O–H groups in total. The highest BCUT2D eigenvalue weighted by Gasteiger charge is 2.21. The molecular formula is C11H14BrNO3. The Morgan fingerprint density at radius 1 is 1.62 bits per heavy atom. The average molecular weight is 288 g/mol. The molecule has 1 aromatic carbocycles. The van der Waals surface area contributed by atoms with Gasteiger partial charge in [0.1, 0.15) is 5.75 Å². The number of carboxylic acids is 1. The Balaban J connectivity index is 3.26. The lowest BCUT2D eigenvalue weighted by Crippen LogP contribution is -2.22. The maximum Gasteiger partial charge on any atom is 0.312 e. The summed E-state index contributed by atoms with van der Waals surface area (Å²) in [6, 6.07) is 3.55. The van der Waals surface area contributed by atoms with Gasteiger partial charge in [0.2, 0.25) is 0 Å². The van der Waals surface area contributed by atoms with E-state index < -0.39 is 11.9 Å². The summed E-state index contributed by atoms with van der Waals surface area (Å²) in [6.07, 6.45) is 0. The van der Waals surface area contributed by atoms with Crippen LogP contribution in [0.5, 0.6) is 5.75 Å². The third-order valence-electron chi connectivity index (χ3n) is 2.45. The van der Waals surface area contributed by atoms with Crippen molar-refractivity contribution in [3.05, 3.63) is 27.7 Å². The van der Waals surface area contributed by atoms with Gasteiger partial charge in [-0.1, -0.05) is 0 Å². The normalized spacial score (nSPS) is 12.2. The molecular weight excluding hydrogens is 274 g/mol. The first kappa shape index (κ1) is 13.0. The molecule has 0 spiro atoms. The van der Waals surface area contributed by atoms with Crippen LogP contribution in [0.3, 0.4) is 0 Å². The quantitative estimate of drug-likeness (QED) is 0.887. The molecule has 16 heavy (non-hydrogen) atoms. The van der Waals surface area contributed by atoms with Crippen molar-refractivity contribution in [3.8, 4) is 5.75 Å². The molecule has 0 saturated carbocycles. The average Bonchev–Trinajstić information content (AvgIpc) is 2.21. The van der Waals surface area contributed by atoms with Crippen molar-refractivity contribution < 1.29 is 14.6 Å². The summed E-state index contributed by atoms with van der Waals surface area (Å²) >= 11 is 3.35. The van der Waals surface area contributed by atoms with Crippen molar-refractivity contribution in [2.75, 3.05) is 13.7 Å². The van der Waals surface area contributed by atoms with E-state index in [0.717, 1.165) is 10.0 Å². The summed E-state index contributed by atoms with van der Waals surface area (Å²) in [4.78, 5) is 11.0. The fourth-order valence-electron chi connectivity index (χ4n) is 1.56. The Bertz CT molecular complexity index is 406. The van der Waals surface area contributed by atoms with Gasteiger partial charge in [-0.3, -0.25) is 4.79 Å². The second kappa shape index (κ2) is 5.32. The largest absolute Gasteiger partial charge is 0.496 e. The number of hydrogen-bond acceptors (Lipinski definition) is 3. The van der Waals surface area contributed by atoms with Gasteiger partial charge in [-0.2, -0.15) is 0 Å². The maximum atomic E-state index is 11.0. The van der Waals surface area contributed by atoms with E-state index >= 15 is 0 Å². The molecule has 5 heteroatoms. The number of hydrogen-bond donors (Lipinski definition) is 2. The number of benzene rings is 1. The number of aryl methyl sites for hydroxylation is 1. The number of rotatable bonds is 4. The zero-order valence-corrected chi connectivity index (χ0v) is 10.7. The van der Waals surface area contributed by atoms with Crippen molar-refractivity contribution in [2.45, 2.75) is 12.8 Å². The molecule has 0 aliphatic heterocycles. The van der Waals surface area contributed by atoms with E-state index in [1.165, 1.54) is 7.11 Å². The highest BCUT2D eigenvalue weighted by atomic mass is 79.9. The van der Waals surface area contributed by atoms with E-state index in [9.17, 15) is 4.79 Å². The van der Waals surface area contributed by atoms with Crippen molar-refractivity contribution in [3.63, 3.8) is 0 Å². The fourth-order valence-corrected chi connectivity index (χ4v) is 2.18. The maximum absolute atomic E-state index is 11.0. The molecule has 0 bridgehead atoms. The highest BCUT2D eigenvalue weighted by molar-refractivity contribution is 9.10. The Hall–Kier alpha value is -1.07. The van der Waals surface area contributed by atoms with Gasteiger partial charge in [-0.05, 0) is 46.1 Å². The van der Waals surface area contributed by atoms with E-state index in [1.54, 1.807) is 6.07 Å². The molecule has 4 nitrogen and oxygen atoms in total. The van der Waals surface area contributed by atoms with Crippen LogP contribution in [0.2, 0.25) is 0 Å². The molecule has 88 valence electrons. The van der Waals surface area contributed by atoms with Crippen LogP contribution >= 0.6 is 15.9 Å². The summed E-state index contributed by atoms with van der Waals surface area (Å²) < 4.78 is 5.94. The summed E-state index contributed by atoms with van der Waals surface area (Å²) in [5, 5.41) is 9.05. The minimum absolute atomic E-state index is 0.0704. The number of aliphatic carboxylic acids is 1. The van der Waals surface area contributed by atoms with Gasteiger partial charge < -0.3 is 15.6 Å². The molecule has 0 saturated heterocycles. The Kier molecular flexibility index (Phi) is 4.32. The van der Waals surface area contributed by atoms with Crippen molar-refractivity contribution in [1.82, 2.24) is 0 Å². The lowest BCUT2D eigenvalue weighted by Gasteiger charge is -2.15. The minimum atomic E-state index is -0.921. The van der Waals surface area contributed by atoms with E-state index in [2.05, 4.69) is 15.9 Å². The van der Waals surface area contributed by atoms with E-state index in [1.807, 2.05) is 13.0 Å². The zero-order chi connectivity index (χ0) is 12.3. The predicted octanol–water partition coefficient (Wildman–Crippen LogP) is 1.89. The van der Waals surface area contributed by atoms with Gasteiger partial charge in [-0.25, -0.2) is 0 Å². The fraction of sp³-hybridized carbons (Fsp3) is 0.364. The smallest absolute Gasteiger partial charge is 0.312 e. The molecule has 0 amide bonds. The third-order valence-corrected chi connectivity index (χ3v) is 3.07. The van der Waals surface area contributed by atoms with Gasteiger partial charge in [0.25, 0.3) is 0 Å². The Morgan fingerprint density at radius 3 is 2.69 bits per heavy atom. The van der Waals surface area contributed by atoms with Gasteiger partial charge in [-0.15, -0.1) is 0 Å². The second-order valence-corrected chi connectivity index (χ2v) is 4.32. The van der Waals surface area contributed by atoms with Crippen LogP contribution in [0.4, 0.5) is 0 Å². The highest BCUT2D eigenvalue weighted by Crippen LogP contribution is 2.31. The second-order valence-electron chi connectivity index (χ2n) is 3.47. The number of carbonyl (C=O) groups is 1. The Labute approximate surface area is 103 Å². The summed E-state index contributed by atoms with van der Waals surface area (Å²) in [6.45, 7) is 1.92. The van der Waals surface area contributed by atoms with Gasteiger partial charge in [0.15, 0.2) is 0 Å². The molecule has 0 aliphatic rings. The third kappa shape index (κ3) is 2.54. The van der Waals surface area contributed by atoms with Gasteiger partial charge in [0, 0.05) is 6.54 Å². The molecule has 1 atom stereocenters. The van der Waals surface area contributed by atoms with Crippen molar-refractivity contribution in [1.29, 1.82) is 0 Å². The number of halogens is 1. The SMILES string of the molecule is COc1cc(C(CN)C(=O)O)c(C)cc1Br. The standard InChI is InChI=1S/C11H14BrNO3/c1-6-3-9(12)10(16-2)4-7(6)8(5-13)11(14)15/h3-4,8H,5,13H2,1-2H3,(H,14,15). The zero-order valence-electron chi connectivity index (χ0n) is 9.16. The van der Waals surface area contributed by atoms with Crippen LogP contribution in [0.15, 0.2) is 16.6 Å². The van der Waals surface area contributed by atoms with Crippen LogP contribution in [0.25, 0.3) is 0 Å². The van der Waals surface area contributed by atoms with E-state index in [4.69, 9.17) is 15.6 Å². The van der Waals surface area contributed by atoms with E-state index in [0.29, 0.717) is 11.3 Å². The van der Waals surface area contributed by atoms with Gasteiger partial charge >= 0.3 is 5.97 Å². The summed E-state index contributed by atoms with van der Waals surface area (Å²) in [7, 11) is 1.54. The molecule has 0 heterocycles. The molecule has 0 radical (unpaired) electrons. The van der Waals surface area contributed by atoms with Crippen molar-refractivity contribution in [2.24, 2.45) is 5.73 Å².